The zero-order valence-electron chi connectivity index (χ0n) is 16.5. The van der Waals surface area contributed by atoms with Crippen LogP contribution in [0.5, 0.6) is 0 Å². The van der Waals surface area contributed by atoms with E-state index in [4.69, 9.17) is 9.40 Å². The average molecular weight is 430 g/mol. The minimum absolute atomic E-state index is 0.0523. The molecule has 0 spiro atoms. The second-order valence-corrected chi connectivity index (χ2v) is 8.78. The molecule has 1 aliphatic heterocycles. The smallest absolute Gasteiger partial charge is 0.297 e. The molecule has 31 heavy (non-hydrogen) atoms. The molecule has 7 nitrogen and oxygen atoms in total. The fraction of sp³-hybridized carbons (Fsp3) is 0.217. The van der Waals surface area contributed by atoms with E-state index in [1.807, 2.05) is 47.4 Å². The first-order valence-corrected chi connectivity index (χ1v) is 11.0. The van der Waals surface area contributed by atoms with Gasteiger partial charge in [-0.2, -0.15) is 0 Å². The van der Waals surface area contributed by atoms with E-state index >= 15 is 0 Å². The van der Waals surface area contributed by atoms with E-state index in [1.165, 1.54) is 10.9 Å². The first-order chi connectivity index (χ1) is 15.2. The standard InChI is InChI=1S/C23H18N4O3S/c28-19(27-11-5-8-16(27)22-25-15-7-2-4-10-18(15)31-22)12-26-13-24-20-14-6-1-3-9-17(14)30-21(20)23(26)29/h1-4,6-7,9-10,13,16H,5,8,11-12H2. The van der Waals surface area contributed by atoms with E-state index in [1.54, 1.807) is 17.4 Å². The van der Waals surface area contributed by atoms with Crippen molar-refractivity contribution in [1.82, 2.24) is 19.4 Å². The summed E-state index contributed by atoms with van der Waals surface area (Å²) in [5.41, 5.74) is 1.93. The molecule has 4 heterocycles. The van der Waals surface area contributed by atoms with E-state index in [-0.39, 0.29) is 29.6 Å². The van der Waals surface area contributed by atoms with Crippen LogP contribution in [0.1, 0.15) is 23.9 Å². The number of likely N-dealkylation sites (tertiary alicyclic amines) is 1. The van der Waals surface area contributed by atoms with Crippen molar-refractivity contribution in [1.29, 1.82) is 0 Å². The lowest BCUT2D eigenvalue weighted by atomic mass is 10.2. The summed E-state index contributed by atoms with van der Waals surface area (Å²) in [5, 5.41) is 1.74. The molecule has 1 fully saturated rings. The lowest BCUT2D eigenvalue weighted by Gasteiger charge is -2.23. The normalized spacial score (nSPS) is 16.6. The van der Waals surface area contributed by atoms with Crippen molar-refractivity contribution in [2.24, 2.45) is 0 Å². The number of carbonyl (C=O) groups excluding carboxylic acids is 1. The molecule has 1 saturated heterocycles. The Bertz CT molecular complexity index is 1480. The van der Waals surface area contributed by atoms with E-state index in [2.05, 4.69) is 4.98 Å². The maximum absolute atomic E-state index is 13.2. The lowest BCUT2D eigenvalue weighted by molar-refractivity contribution is -0.132. The summed E-state index contributed by atoms with van der Waals surface area (Å²) >= 11 is 1.63. The van der Waals surface area contributed by atoms with Gasteiger partial charge >= 0.3 is 0 Å². The molecular weight excluding hydrogens is 412 g/mol. The van der Waals surface area contributed by atoms with E-state index in [9.17, 15) is 9.59 Å². The number of nitrogens with zero attached hydrogens (tertiary/aromatic N) is 4. The van der Waals surface area contributed by atoms with Gasteiger partial charge in [-0.25, -0.2) is 9.97 Å². The number of hydrogen-bond acceptors (Lipinski definition) is 6. The molecule has 154 valence electrons. The predicted molar refractivity (Wildman–Crippen MR) is 119 cm³/mol. The molecule has 0 N–H and O–H groups in total. The first kappa shape index (κ1) is 18.3. The summed E-state index contributed by atoms with van der Waals surface area (Å²) in [6, 6.07) is 15.4. The molecule has 2 aromatic carbocycles. The van der Waals surface area contributed by atoms with Crippen molar-refractivity contribution in [3.63, 3.8) is 0 Å². The number of benzene rings is 2. The predicted octanol–water partition coefficient (Wildman–Crippen LogP) is 4.12. The number of aromatic nitrogens is 3. The van der Waals surface area contributed by atoms with Gasteiger partial charge in [-0.05, 0) is 37.1 Å². The van der Waals surface area contributed by atoms with Crippen molar-refractivity contribution in [3.8, 4) is 0 Å². The Hall–Kier alpha value is -3.52. The van der Waals surface area contributed by atoms with Gasteiger partial charge in [0.1, 0.15) is 22.7 Å². The Kier molecular flexibility index (Phi) is 4.14. The van der Waals surface area contributed by atoms with Gasteiger partial charge in [0.25, 0.3) is 5.56 Å². The highest BCUT2D eigenvalue weighted by molar-refractivity contribution is 7.18. The molecule has 0 saturated carbocycles. The molecule has 6 rings (SSSR count). The third-order valence-electron chi connectivity index (χ3n) is 5.82. The van der Waals surface area contributed by atoms with Crippen LogP contribution in [0.3, 0.4) is 0 Å². The topological polar surface area (TPSA) is 81.2 Å². The SMILES string of the molecule is O=C(Cn1cnc2c(oc3ccccc32)c1=O)N1CCCC1c1nc2ccccc2s1. The average Bonchev–Trinajstić information content (AvgIpc) is 3.51. The Balaban J connectivity index is 1.31. The molecule has 1 amide bonds. The number of para-hydroxylation sites is 2. The van der Waals surface area contributed by atoms with Crippen LogP contribution in [0, 0.1) is 0 Å². The Morgan fingerprint density at radius 2 is 2.00 bits per heavy atom. The Morgan fingerprint density at radius 3 is 2.90 bits per heavy atom. The molecule has 0 aliphatic carbocycles. The molecule has 1 aliphatic rings. The zero-order chi connectivity index (χ0) is 20.9. The first-order valence-electron chi connectivity index (χ1n) is 10.2. The van der Waals surface area contributed by atoms with Crippen LogP contribution >= 0.6 is 11.3 Å². The molecule has 0 radical (unpaired) electrons. The third-order valence-corrected chi connectivity index (χ3v) is 6.96. The number of rotatable bonds is 3. The van der Waals surface area contributed by atoms with Gasteiger partial charge in [-0.1, -0.05) is 24.3 Å². The fourth-order valence-corrected chi connectivity index (χ4v) is 5.43. The summed E-state index contributed by atoms with van der Waals surface area (Å²) in [7, 11) is 0. The molecule has 1 unspecified atom stereocenters. The van der Waals surface area contributed by atoms with Gasteiger partial charge in [0, 0.05) is 11.9 Å². The van der Waals surface area contributed by atoms with Crippen molar-refractivity contribution in [3.05, 3.63) is 70.2 Å². The van der Waals surface area contributed by atoms with Gasteiger partial charge in [-0.15, -0.1) is 11.3 Å². The number of amides is 1. The third kappa shape index (κ3) is 2.94. The molecule has 3 aromatic heterocycles. The van der Waals surface area contributed by atoms with E-state index in [0.29, 0.717) is 17.6 Å². The van der Waals surface area contributed by atoms with Crippen LogP contribution in [0.2, 0.25) is 0 Å². The van der Waals surface area contributed by atoms with Crippen molar-refractivity contribution < 1.29 is 9.21 Å². The molecular formula is C23H18N4O3S. The summed E-state index contributed by atoms with van der Waals surface area (Å²) in [5.74, 6) is -0.110. The summed E-state index contributed by atoms with van der Waals surface area (Å²) < 4.78 is 8.18. The number of carbonyl (C=O) groups is 1. The number of furan rings is 1. The zero-order valence-corrected chi connectivity index (χ0v) is 17.3. The molecule has 0 bridgehead atoms. The number of fused-ring (bicyclic) bond motifs is 4. The maximum atomic E-state index is 13.2. The Morgan fingerprint density at radius 1 is 1.16 bits per heavy atom. The molecule has 8 heteroatoms. The highest BCUT2D eigenvalue weighted by Gasteiger charge is 2.32. The number of thiazole rings is 1. The Labute approximate surface area is 180 Å². The number of hydrogen-bond donors (Lipinski definition) is 0. The van der Waals surface area contributed by atoms with Crippen molar-refractivity contribution in [2.45, 2.75) is 25.4 Å². The largest absolute Gasteiger partial charge is 0.448 e. The fourth-order valence-electron chi connectivity index (χ4n) is 4.32. The lowest BCUT2D eigenvalue weighted by Crippen LogP contribution is -2.36. The van der Waals surface area contributed by atoms with Crippen LogP contribution in [0.4, 0.5) is 0 Å². The van der Waals surface area contributed by atoms with Gasteiger partial charge in [0.05, 0.1) is 22.6 Å². The van der Waals surface area contributed by atoms with Crippen molar-refractivity contribution >= 4 is 49.5 Å². The van der Waals surface area contributed by atoms with Gasteiger partial charge in [0.15, 0.2) is 0 Å². The van der Waals surface area contributed by atoms with Crippen molar-refractivity contribution in [2.75, 3.05) is 6.54 Å². The highest BCUT2D eigenvalue weighted by Crippen LogP contribution is 2.36. The van der Waals surface area contributed by atoms with Crippen LogP contribution in [0.15, 0.2) is 64.1 Å². The minimum atomic E-state index is -0.342. The summed E-state index contributed by atoms with van der Waals surface area (Å²) in [6.45, 7) is 0.592. The second kappa shape index (κ2) is 7.02. The summed E-state index contributed by atoms with van der Waals surface area (Å²) in [4.78, 5) is 37.1. The minimum Gasteiger partial charge on any atom is -0.448 e. The van der Waals surface area contributed by atoms with Gasteiger partial charge in [-0.3, -0.25) is 14.2 Å². The monoisotopic (exact) mass is 430 g/mol. The maximum Gasteiger partial charge on any atom is 0.297 e. The molecule has 5 aromatic rings. The van der Waals surface area contributed by atoms with Crippen LogP contribution in [-0.4, -0.2) is 31.9 Å². The highest BCUT2D eigenvalue weighted by atomic mass is 32.1. The summed E-state index contributed by atoms with van der Waals surface area (Å²) in [6.07, 6.45) is 3.23. The second-order valence-electron chi connectivity index (χ2n) is 7.72. The van der Waals surface area contributed by atoms with Crippen LogP contribution in [-0.2, 0) is 11.3 Å². The van der Waals surface area contributed by atoms with E-state index in [0.717, 1.165) is 33.5 Å². The van der Waals surface area contributed by atoms with Crippen LogP contribution < -0.4 is 5.56 Å². The van der Waals surface area contributed by atoms with Gasteiger partial charge < -0.3 is 9.32 Å². The van der Waals surface area contributed by atoms with Gasteiger partial charge in [0.2, 0.25) is 11.5 Å². The van der Waals surface area contributed by atoms with Crippen LogP contribution in [0.25, 0.3) is 32.3 Å². The quantitative estimate of drug-likeness (QED) is 0.430. The molecule has 1 atom stereocenters. The van der Waals surface area contributed by atoms with E-state index < -0.39 is 0 Å².